The van der Waals surface area contributed by atoms with E-state index in [1.165, 1.54) is 12.6 Å². The molecule has 4 aromatic rings. The van der Waals surface area contributed by atoms with Crippen molar-refractivity contribution in [2.24, 2.45) is 5.73 Å². The van der Waals surface area contributed by atoms with E-state index in [1.54, 1.807) is 23.7 Å². The van der Waals surface area contributed by atoms with Gasteiger partial charge in [0, 0.05) is 42.3 Å². The maximum Gasteiger partial charge on any atom is 0.206 e. The van der Waals surface area contributed by atoms with Crippen LogP contribution in [0.5, 0.6) is 0 Å². The van der Waals surface area contributed by atoms with Gasteiger partial charge >= 0.3 is 0 Å². The van der Waals surface area contributed by atoms with Gasteiger partial charge in [-0.15, -0.1) is 10.2 Å². The quantitative estimate of drug-likeness (QED) is 0.564. The van der Waals surface area contributed by atoms with Crippen LogP contribution in [0.2, 0.25) is 0 Å². The fraction of sp³-hybridized carbons (Fsp3) is 0.158. The molecule has 1 aromatic carbocycles. The van der Waals surface area contributed by atoms with Crippen LogP contribution in [0.1, 0.15) is 5.56 Å². The number of benzene rings is 1. The number of nitrogens with one attached hydrogen (secondary N) is 1. The molecule has 3 N–H and O–H groups in total. The molecular formula is C19H20N6S. The summed E-state index contributed by atoms with van der Waals surface area (Å²) in [7, 11) is 1.50. The Hall–Kier alpha value is -2.90. The Labute approximate surface area is 156 Å². The van der Waals surface area contributed by atoms with Crippen molar-refractivity contribution in [3.63, 3.8) is 0 Å². The molecule has 0 aliphatic carbocycles. The lowest BCUT2D eigenvalue weighted by Crippen LogP contribution is -2.04. The molecule has 0 aliphatic rings. The molecule has 0 saturated carbocycles. The molecule has 0 bridgehead atoms. The largest absolute Gasteiger partial charge is 0.360 e. The van der Waals surface area contributed by atoms with Gasteiger partial charge in [-0.05, 0) is 42.6 Å². The van der Waals surface area contributed by atoms with Crippen LogP contribution in [0.25, 0.3) is 21.3 Å². The maximum atomic E-state index is 4.50. The zero-order chi connectivity index (χ0) is 18.2. The minimum absolute atomic E-state index is 0.809. The standard InChI is InChI=1S/C18H15N5S.CH5N/c1-2-13(11-19-7-1)5-9-21-18-23-22-17(24-18)15-3-4-16-12-20-8-6-14(16)10-15;1-2/h1-4,6-8,10-12H,5,9H2,(H,21,23);2H2,1H3. The molecule has 3 aromatic heterocycles. The first-order valence-electron chi connectivity index (χ1n) is 8.27. The van der Waals surface area contributed by atoms with E-state index >= 15 is 0 Å². The van der Waals surface area contributed by atoms with Crippen LogP contribution < -0.4 is 11.1 Å². The average Bonchev–Trinajstić information content (AvgIpc) is 3.19. The molecule has 0 fully saturated rings. The molecule has 132 valence electrons. The number of hydrogen-bond acceptors (Lipinski definition) is 7. The second-order valence-corrected chi connectivity index (χ2v) is 6.37. The molecule has 0 amide bonds. The van der Waals surface area contributed by atoms with Crippen LogP contribution >= 0.6 is 11.3 Å². The van der Waals surface area contributed by atoms with Crippen molar-refractivity contribution in [2.75, 3.05) is 18.9 Å². The molecule has 0 atom stereocenters. The van der Waals surface area contributed by atoms with Gasteiger partial charge in [-0.2, -0.15) is 0 Å². The van der Waals surface area contributed by atoms with Gasteiger partial charge in [0.15, 0.2) is 0 Å². The molecule has 0 saturated heterocycles. The van der Waals surface area contributed by atoms with Gasteiger partial charge in [-0.25, -0.2) is 0 Å². The summed E-state index contributed by atoms with van der Waals surface area (Å²) < 4.78 is 0. The summed E-state index contributed by atoms with van der Waals surface area (Å²) in [5.74, 6) is 0. The highest BCUT2D eigenvalue weighted by atomic mass is 32.1. The summed E-state index contributed by atoms with van der Waals surface area (Å²) in [4.78, 5) is 8.26. The van der Waals surface area contributed by atoms with Crippen LogP contribution in [-0.2, 0) is 6.42 Å². The third-order valence-electron chi connectivity index (χ3n) is 3.73. The van der Waals surface area contributed by atoms with E-state index in [0.29, 0.717) is 0 Å². The number of aromatic nitrogens is 4. The fourth-order valence-electron chi connectivity index (χ4n) is 2.49. The van der Waals surface area contributed by atoms with Crippen molar-refractivity contribution in [3.05, 3.63) is 66.7 Å². The Kier molecular flexibility index (Phi) is 6.19. The minimum Gasteiger partial charge on any atom is -0.360 e. The summed E-state index contributed by atoms with van der Waals surface area (Å²) in [6.45, 7) is 0.809. The highest BCUT2D eigenvalue weighted by Crippen LogP contribution is 2.28. The van der Waals surface area contributed by atoms with E-state index in [9.17, 15) is 0 Å². The van der Waals surface area contributed by atoms with Crippen molar-refractivity contribution < 1.29 is 0 Å². The number of anilines is 1. The Bertz CT molecular complexity index is 954. The van der Waals surface area contributed by atoms with Crippen molar-refractivity contribution in [2.45, 2.75) is 6.42 Å². The monoisotopic (exact) mass is 364 g/mol. The summed E-state index contributed by atoms with van der Waals surface area (Å²) in [5.41, 5.74) is 6.78. The number of nitrogens with two attached hydrogens (primary N) is 1. The molecule has 0 unspecified atom stereocenters. The lowest BCUT2D eigenvalue weighted by atomic mass is 10.1. The number of fused-ring (bicyclic) bond motifs is 1. The molecular weight excluding hydrogens is 344 g/mol. The van der Waals surface area contributed by atoms with E-state index in [4.69, 9.17) is 0 Å². The summed E-state index contributed by atoms with van der Waals surface area (Å²) in [6, 6.07) is 12.3. The highest BCUT2D eigenvalue weighted by molar-refractivity contribution is 7.18. The topological polar surface area (TPSA) is 89.6 Å². The van der Waals surface area contributed by atoms with Crippen molar-refractivity contribution in [3.8, 4) is 10.6 Å². The SMILES string of the molecule is CN.c1cncc(CCNc2nnc(-c3ccc4cnccc4c3)s2)c1. The van der Waals surface area contributed by atoms with Crippen LogP contribution in [0.15, 0.2) is 61.2 Å². The Morgan fingerprint density at radius 2 is 1.85 bits per heavy atom. The lowest BCUT2D eigenvalue weighted by Gasteiger charge is -2.01. The number of pyridine rings is 2. The van der Waals surface area contributed by atoms with Crippen LogP contribution in [0.3, 0.4) is 0 Å². The van der Waals surface area contributed by atoms with E-state index in [1.807, 2.05) is 24.5 Å². The number of nitrogens with zero attached hydrogens (tertiary/aromatic N) is 4. The molecule has 4 rings (SSSR count). The van der Waals surface area contributed by atoms with Gasteiger partial charge < -0.3 is 11.1 Å². The smallest absolute Gasteiger partial charge is 0.206 e. The van der Waals surface area contributed by atoms with Crippen molar-refractivity contribution in [1.29, 1.82) is 0 Å². The normalized spacial score (nSPS) is 10.2. The van der Waals surface area contributed by atoms with Gasteiger partial charge in [0.05, 0.1) is 0 Å². The lowest BCUT2D eigenvalue weighted by molar-refractivity contribution is 0.985. The highest BCUT2D eigenvalue weighted by Gasteiger charge is 2.07. The fourth-order valence-corrected chi connectivity index (χ4v) is 3.25. The predicted molar refractivity (Wildman–Crippen MR) is 107 cm³/mol. The zero-order valence-electron chi connectivity index (χ0n) is 14.5. The predicted octanol–water partition coefficient (Wildman–Crippen LogP) is 3.38. The summed E-state index contributed by atoms with van der Waals surface area (Å²) >= 11 is 1.57. The molecule has 0 aliphatic heterocycles. The minimum atomic E-state index is 0.809. The second kappa shape index (κ2) is 8.98. The molecule has 7 heteroatoms. The second-order valence-electron chi connectivity index (χ2n) is 5.39. The van der Waals surface area contributed by atoms with Crippen LogP contribution in [0.4, 0.5) is 5.13 Å². The Morgan fingerprint density at radius 1 is 0.962 bits per heavy atom. The third-order valence-corrected chi connectivity index (χ3v) is 4.66. The summed E-state index contributed by atoms with van der Waals surface area (Å²) in [6.07, 6.45) is 8.25. The van der Waals surface area contributed by atoms with Gasteiger partial charge in [-0.1, -0.05) is 29.5 Å². The third kappa shape index (κ3) is 4.38. The van der Waals surface area contributed by atoms with E-state index < -0.39 is 0 Å². The van der Waals surface area contributed by atoms with Crippen molar-refractivity contribution in [1.82, 2.24) is 20.2 Å². The average molecular weight is 364 g/mol. The first-order chi connectivity index (χ1) is 12.9. The first-order valence-corrected chi connectivity index (χ1v) is 9.08. The first kappa shape index (κ1) is 17.9. The van der Waals surface area contributed by atoms with Crippen LogP contribution in [0, 0.1) is 0 Å². The van der Waals surface area contributed by atoms with Gasteiger partial charge in [0.2, 0.25) is 5.13 Å². The van der Waals surface area contributed by atoms with E-state index in [2.05, 4.69) is 55.5 Å². The van der Waals surface area contributed by atoms with E-state index in [-0.39, 0.29) is 0 Å². The molecule has 0 radical (unpaired) electrons. The maximum absolute atomic E-state index is 4.50. The molecule has 0 spiro atoms. The van der Waals surface area contributed by atoms with Crippen LogP contribution in [-0.4, -0.2) is 33.8 Å². The Balaban J connectivity index is 0.000000948. The van der Waals surface area contributed by atoms with Gasteiger partial charge in [0.1, 0.15) is 5.01 Å². The Morgan fingerprint density at radius 3 is 2.69 bits per heavy atom. The van der Waals surface area contributed by atoms with Gasteiger partial charge in [-0.3, -0.25) is 9.97 Å². The molecule has 6 nitrogen and oxygen atoms in total. The van der Waals surface area contributed by atoms with Crippen molar-refractivity contribution >= 4 is 27.2 Å². The van der Waals surface area contributed by atoms with E-state index in [0.717, 1.165) is 39.4 Å². The number of hydrogen-bond donors (Lipinski definition) is 2. The zero-order valence-corrected chi connectivity index (χ0v) is 15.3. The van der Waals surface area contributed by atoms with Gasteiger partial charge in [0.25, 0.3) is 0 Å². The molecule has 26 heavy (non-hydrogen) atoms. The molecule has 3 heterocycles. The number of rotatable bonds is 5. The summed E-state index contributed by atoms with van der Waals surface area (Å²) in [5, 5.41) is 15.9.